The van der Waals surface area contributed by atoms with E-state index in [1.807, 2.05) is 24.3 Å². The number of rotatable bonds is 4. The van der Waals surface area contributed by atoms with Gasteiger partial charge < -0.3 is 10.1 Å². The first-order valence-electron chi connectivity index (χ1n) is 8.14. The molecule has 0 atom stereocenters. The number of nitrogens with one attached hydrogen (secondary N) is 1. The Morgan fingerprint density at radius 2 is 2.00 bits per heavy atom. The molecule has 2 aromatic heterocycles. The van der Waals surface area contributed by atoms with Crippen molar-refractivity contribution in [1.82, 2.24) is 9.97 Å². The van der Waals surface area contributed by atoms with Crippen molar-refractivity contribution < 1.29 is 9.53 Å². The highest BCUT2D eigenvalue weighted by Gasteiger charge is 2.21. The fraction of sp³-hybridized carbons (Fsp3) is 0.278. The zero-order chi connectivity index (χ0) is 17.2. The van der Waals surface area contributed by atoms with Gasteiger partial charge in [-0.2, -0.15) is 0 Å². The van der Waals surface area contributed by atoms with Gasteiger partial charge in [-0.1, -0.05) is 0 Å². The van der Waals surface area contributed by atoms with Gasteiger partial charge in [0.05, 0.1) is 5.39 Å². The second-order valence-electron chi connectivity index (χ2n) is 5.91. The Morgan fingerprint density at radius 3 is 2.84 bits per heavy atom. The summed E-state index contributed by atoms with van der Waals surface area (Å²) in [5.41, 5.74) is 2.06. The second kappa shape index (κ2) is 7.25. The standard InChI is InChI=1S/C18H16IN3O2S/c19-11-5-7-12(8-6-11)22-15(23)9-24-17-16-13-3-1-2-4-14(13)25-18(16)21-10-20-17/h5-8,10H,1-4,9H2,(H,22,23). The molecule has 1 N–H and O–H groups in total. The zero-order valence-corrected chi connectivity index (χ0v) is 16.4. The molecule has 0 bridgehead atoms. The Bertz CT molecular complexity index is 924. The number of fused-ring (bicyclic) bond motifs is 3. The normalized spacial score (nSPS) is 13.5. The Hall–Kier alpha value is -1.74. The molecule has 1 aromatic carbocycles. The number of carbonyl (C=O) groups excluding carboxylic acids is 1. The number of carbonyl (C=O) groups is 1. The molecule has 2 heterocycles. The first-order chi connectivity index (χ1) is 12.2. The van der Waals surface area contributed by atoms with Crippen LogP contribution >= 0.6 is 33.9 Å². The van der Waals surface area contributed by atoms with Gasteiger partial charge in [0.2, 0.25) is 5.88 Å². The SMILES string of the molecule is O=C(COc1ncnc2sc3c(c12)CCCC3)Nc1ccc(I)cc1. The average Bonchev–Trinajstić information content (AvgIpc) is 3.01. The maximum Gasteiger partial charge on any atom is 0.262 e. The lowest BCUT2D eigenvalue weighted by Crippen LogP contribution is -2.20. The highest BCUT2D eigenvalue weighted by Crippen LogP contribution is 2.38. The molecule has 5 nitrogen and oxygen atoms in total. The number of halogens is 1. The topological polar surface area (TPSA) is 64.1 Å². The molecule has 25 heavy (non-hydrogen) atoms. The van der Waals surface area contributed by atoms with E-state index < -0.39 is 0 Å². The predicted octanol–water partition coefficient (Wildman–Crippen LogP) is 4.19. The van der Waals surface area contributed by atoms with Crippen LogP contribution in [-0.2, 0) is 17.6 Å². The van der Waals surface area contributed by atoms with E-state index in [1.165, 1.54) is 29.6 Å². The van der Waals surface area contributed by atoms with E-state index in [0.29, 0.717) is 5.88 Å². The van der Waals surface area contributed by atoms with Gasteiger partial charge >= 0.3 is 0 Å². The summed E-state index contributed by atoms with van der Waals surface area (Å²) < 4.78 is 6.87. The molecule has 3 aromatic rings. The quantitative estimate of drug-likeness (QED) is 0.587. The summed E-state index contributed by atoms with van der Waals surface area (Å²) in [6, 6.07) is 7.64. The molecule has 128 valence electrons. The third-order valence-electron chi connectivity index (χ3n) is 4.18. The molecular formula is C18H16IN3O2S. The Morgan fingerprint density at radius 1 is 1.20 bits per heavy atom. The van der Waals surface area contributed by atoms with Crippen LogP contribution in [0.1, 0.15) is 23.3 Å². The Labute approximate surface area is 163 Å². The molecule has 1 amide bonds. The number of thiophene rings is 1. The summed E-state index contributed by atoms with van der Waals surface area (Å²) in [6.45, 7) is -0.0667. The van der Waals surface area contributed by atoms with Crippen molar-refractivity contribution in [2.24, 2.45) is 0 Å². The number of aryl methyl sites for hydroxylation is 2. The van der Waals surface area contributed by atoms with Crippen LogP contribution in [0.3, 0.4) is 0 Å². The minimum atomic E-state index is -0.197. The number of amides is 1. The molecule has 4 rings (SSSR count). The van der Waals surface area contributed by atoms with E-state index in [4.69, 9.17) is 4.74 Å². The van der Waals surface area contributed by atoms with Gasteiger partial charge in [-0.3, -0.25) is 4.79 Å². The molecule has 1 aliphatic carbocycles. The van der Waals surface area contributed by atoms with Crippen LogP contribution in [0.15, 0.2) is 30.6 Å². The highest BCUT2D eigenvalue weighted by atomic mass is 127. The minimum absolute atomic E-state index is 0.0667. The molecule has 0 aliphatic heterocycles. The Balaban J connectivity index is 1.50. The zero-order valence-electron chi connectivity index (χ0n) is 13.4. The molecule has 0 saturated heterocycles. The van der Waals surface area contributed by atoms with Crippen molar-refractivity contribution in [3.8, 4) is 5.88 Å². The summed E-state index contributed by atoms with van der Waals surface area (Å²) >= 11 is 3.95. The number of hydrogen-bond donors (Lipinski definition) is 1. The van der Waals surface area contributed by atoms with Gasteiger partial charge in [0.1, 0.15) is 11.2 Å². The highest BCUT2D eigenvalue weighted by molar-refractivity contribution is 14.1. The fourth-order valence-electron chi connectivity index (χ4n) is 3.03. The van der Waals surface area contributed by atoms with Gasteiger partial charge in [0.15, 0.2) is 6.61 Å². The molecule has 0 fully saturated rings. The summed E-state index contributed by atoms with van der Waals surface area (Å²) in [6.07, 6.45) is 6.05. The number of ether oxygens (including phenoxy) is 1. The summed E-state index contributed by atoms with van der Waals surface area (Å²) in [5, 5.41) is 3.83. The van der Waals surface area contributed by atoms with Crippen molar-refractivity contribution >= 4 is 55.7 Å². The summed E-state index contributed by atoms with van der Waals surface area (Å²) in [7, 11) is 0. The fourth-order valence-corrected chi connectivity index (χ4v) is 4.61. The molecule has 7 heteroatoms. The van der Waals surface area contributed by atoms with Crippen LogP contribution in [0.2, 0.25) is 0 Å². The van der Waals surface area contributed by atoms with E-state index in [0.717, 1.165) is 32.3 Å². The van der Waals surface area contributed by atoms with Crippen LogP contribution in [0.5, 0.6) is 5.88 Å². The van der Waals surface area contributed by atoms with Gasteiger partial charge in [-0.25, -0.2) is 9.97 Å². The third kappa shape index (κ3) is 3.62. The maximum atomic E-state index is 12.2. The summed E-state index contributed by atoms with van der Waals surface area (Å²) in [5.74, 6) is 0.319. The largest absolute Gasteiger partial charge is 0.467 e. The molecule has 1 aliphatic rings. The van der Waals surface area contributed by atoms with Gasteiger partial charge in [0.25, 0.3) is 5.91 Å². The van der Waals surface area contributed by atoms with E-state index >= 15 is 0 Å². The van der Waals surface area contributed by atoms with Crippen LogP contribution in [0.4, 0.5) is 5.69 Å². The van der Waals surface area contributed by atoms with Crippen LogP contribution in [-0.4, -0.2) is 22.5 Å². The van der Waals surface area contributed by atoms with Gasteiger partial charge in [0, 0.05) is 14.1 Å². The molecule has 0 saturated carbocycles. The van der Waals surface area contributed by atoms with Crippen molar-refractivity contribution in [3.05, 3.63) is 44.6 Å². The molecule has 0 spiro atoms. The first-order valence-corrected chi connectivity index (χ1v) is 10.0. The van der Waals surface area contributed by atoms with Gasteiger partial charge in [-0.15, -0.1) is 11.3 Å². The van der Waals surface area contributed by atoms with E-state index in [9.17, 15) is 4.79 Å². The maximum absolute atomic E-state index is 12.2. The van der Waals surface area contributed by atoms with E-state index in [1.54, 1.807) is 11.3 Å². The average molecular weight is 465 g/mol. The van der Waals surface area contributed by atoms with Crippen LogP contribution < -0.4 is 10.1 Å². The van der Waals surface area contributed by atoms with Gasteiger partial charge in [-0.05, 0) is 78.1 Å². The predicted molar refractivity (Wildman–Crippen MR) is 107 cm³/mol. The second-order valence-corrected chi connectivity index (χ2v) is 8.24. The van der Waals surface area contributed by atoms with Crippen molar-refractivity contribution in [2.45, 2.75) is 25.7 Å². The number of aromatic nitrogens is 2. The van der Waals surface area contributed by atoms with Crippen molar-refractivity contribution in [3.63, 3.8) is 0 Å². The lowest BCUT2D eigenvalue weighted by Gasteiger charge is -2.12. The smallest absolute Gasteiger partial charge is 0.262 e. The van der Waals surface area contributed by atoms with Crippen molar-refractivity contribution in [1.29, 1.82) is 0 Å². The minimum Gasteiger partial charge on any atom is -0.467 e. The lowest BCUT2D eigenvalue weighted by molar-refractivity contribution is -0.118. The number of benzene rings is 1. The Kier molecular flexibility index (Phi) is 4.85. The van der Waals surface area contributed by atoms with E-state index in [2.05, 4.69) is 37.9 Å². The number of hydrogen-bond acceptors (Lipinski definition) is 5. The first kappa shape index (κ1) is 16.7. The van der Waals surface area contributed by atoms with Crippen LogP contribution in [0.25, 0.3) is 10.2 Å². The molecule has 0 unspecified atom stereocenters. The monoisotopic (exact) mass is 465 g/mol. The van der Waals surface area contributed by atoms with E-state index in [-0.39, 0.29) is 12.5 Å². The third-order valence-corrected chi connectivity index (χ3v) is 6.10. The summed E-state index contributed by atoms with van der Waals surface area (Å²) in [4.78, 5) is 23.1. The number of anilines is 1. The van der Waals surface area contributed by atoms with Crippen LogP contribution in [0, 0.1) is 3.57 Å². The number of nitrogens with zero attached hydrogens (tertiary/aromatic N) is 2. The lowest BCUT2D eigenvalue weighted by atomic mass is 9.97. The molecular weight excluding hydrogens is 449 g/mol. The van der Waals surface area contributed by atoms with Crippen molar-refractivity contribution in [2.75, 3.05) is 11.9 Å². The molecule has 0 radical (unpaired) electrons.